The van der Waals surface area contributed by atoms with Crippen molar-refractivity contribution in [3.8, 4) is 16.5 Å². The Balaban J connectivity index is 1.27. The van der Waals surface area contributed by atoms with Crippen LogP contribution in [0, 0.1) is 6.92 Å². The fourth-order valence-corrected chi connectivity index (χ4v) is 4.62. The van der Waals surface area contributed by atoms with Gasteiger partial charge in [-0.2, -0.15) is 0 Å². The van der Waals surface area contributed by atoms with E-state index >= 15 is 0 Å². The van der Waals surface area contributed by atoms with Crippen LogP contribution in [0.4, 0.5) is 0 Å². The van der Waals surface area contributed by atoms with Crippen molar-refractivity contribution in [2.24, 2.45) is 0 Å². The van der Waals surface area contributed by atoms with Crippen molar-refractivity contribution in [2.75, 3.05) is 33.4 Å². The number of ether oxygens (including phenoxy) is 2. The lowest BCUT2D eigenvalue weighted by molar-refractivity contribution is 0.0392. The van der Waals surface area contributed by atoms with Crippen LogP contribution in [-0.2, 0) is 11.3 Å². The van der Waals surface area contributed by atoms with Crippen molar-refractivity contribution in [3.63, 3.8) is 0 Å². The number of benzene rings is 1. The van der Waals surface area contributed by atoms with Crippen LogP contribution >= 0.6 is 11.3 Å². The molecule has 0 bridgehead atoms. The Morgan fingerprint density at radius 2 is 2.12 bits per heavy atom. The molecular weight excluding hydrogens is 426 g/mol. The van der Waals surface area contributed by atoms with Crippen LogP contribution in [0.15, 0.2) is 47.1 Å². The lowest BCUT2D eigenvalue weighted by atomic mass is 10.1. The SMILES string of the molecule is Cc1sc(-c2ccco2)nc1C(=O)NCc1cccc(OCCN(C)C2CCOCC2)c1. The molecule has 3 aromatic rings. The van der Waals surface area contributed by atoms with Crippen LogP contribution in [0.5, 0.6) is 5.75 Å². The minimum Gasteiger partial charge on any atom is -0.492 e. The molecule has 0 aliphatic carbocycles. The van der Waals surface area contributed by atoms with Crippen molar-refractivity contribution in [1.82, 2.24) is 15.2 Å². The van der Waals surface area contributed by atoms with Gasteiger partial charge in [-0.3, -0.25) is 9.69 Å². The van der Waals surface area contributed by atoms with Crippen LogP contribution in [0.3, 0.4) is 0 Å². The van der Waals surface area contributed by atoms with Gasteiger partial charge in [-0.1, -0.05) is 12.1 Å². The molecule has 32 heavy (non-hydrogen) atoms. The van der Waals surface area contributed by atoms with Crippen LogP contribution in [0.1, 0.15) is 33.8 Å². The molecule has 0 atom stereocenters. The Kier molecular flexibility index (Phi) is 7.57. The van der Waals surface area contributed by atoms with E-state index in [1.165, 1.54) is 11.3 Å². The van der Waals surface area contributed by atoms with Crippen molar-refractivity contribution < 1.29 is 18.7 Å². The number of furan rings is 1. The van der Waals surface area contributed by atoms with Gasteiger partial charge in [0.25, 0.3) is 5.91 Å². The summed E-state index contributed by atoms with van der Waals surface area (Å²) in [6, 6.07) is 12.1. The van der Waals surface area contributed by atoms with E-state index in [1.54, 1.807) is 6.26 Å². The highest BCUT2D eigenvalue weighted by Crippen LogP contribution is 2.28. The zero-order valence-electron chi connectivity index (χ0n) is 18.5. The first-order valence-electron chi connectivity index (χ1n) is 10.9. The largest absolute Gasteiger partial charge is 0.492 e. The maximum Gasteiger partial charge on any atom is 0.271 e. The molecule has 8 heteroatoms. The third-order valence-corrected chi connectivity index (χ3v) is 6.61. The number of aromatic nitrogens is 1. The Labute approximate surface area is 192 Å². The summed E-state index contributed by atoms with van der Waals surface area (Å²) in [5.41, 5.74) is 1.41. The minimum absolute atomic E-state index is 0.194. The molecule has 7 nitrogen and oxygen atoms in total. The normalized spacial score (nSPS) is 14.6. The molecule has 1 aliphatic heterocycles. The van der Waals surface area contributed by atoms with Crippen LogP contribution in [0.25, 0.3) is 10.8 Å². The molecule has 1 aromatic carbocycles. The van der Waals surface area contributed by atoms with E-state index < -0.39 is 0 Å². The maximum absolute atomic E-state index is 12.7. The summed E-state index contributed by atoms with van der Waals surface area (Å²) in [5, 5.41) is 3.67. The highest BCUT2D eigenvalue weighted by atomic mass is 32.1. The van der Waals surface area contributed by atoms with Gasteiger partial charge < -0.3 is 19.2 Å². The van der Waals surface area contributed by atoms with Crippen molar-refractivity contribution in [2.45, 2.75) is 32.4 Å². The number of nitrogens with zero attached hydrogens (tertiary/aromatic N) is 2. The Morgan fingerprint density at radius 1 is 1.28 bits per heavy atom. The molecule has 0 radical (unpaired) electrons. The topological polar surface area (TPSA) is 76.8 Å². The molecule has 0 unspecified atom stereocenters. The number of hydrogen-bond donors (Lipinski definition) is 1. The summed E-state index contributed by atoms with van der Waals surface area (Å²) >= 11 is 1.45. The van der Waals surface area contributed by atoms with E-state index in [-0.39, 0.29) is 5.91 Å². The second-order valence-electron chi connectivity index (χ2n) is 7.90. The average molecular weight is 456 g/mol. The van der Waals surface area contributed by atoms with E-state index in [2.05, 4.69) is 22.2 Å². The first-order valence-corrected chi connectivity index (χ1v) is 11.7. The van der Waals surface area contributed by atoms with Crippen molar-refractivity contribution >= 4 is 17.2 Å². The molecule has 170 valence electrons. The number of hydrogen-bond acceptors (Lipinski definition) is 7. The predicted molar refractivity (Wildman–Crippen MR) is 124 cm³/mol. The second kappa shape index (κ2) is 10.8. The highest BCUT2D eigenvalue weighted by Gasteiger charge is 2.19. The van der Waals surface area contributed by atoms with Gasteiger partial charge in [0.15, 0.2) is 10.8 Å². The zero-order chi connectivity index (χ0) is 22.3. The van der Waals surface area contributed by atoms with E-state index in [4.69, 9.17) is 13.9 Å². The van der Waals surface area contributed by atoms with Gasteiger partial charge in [-0.15, -0.1) is 11.3 Å². The molecule has 4 rings (SSSR count). The quantitative estimate of drug-likeness (QED) is 0.523. The summed E-state index contributed by atoms with van der Waals surface area (Å²) < 4.78 is 16.8. The minimum atomic E-state index is -0.194. The number of aryl methyl sites for hydroxylation is 1. The third-order valence-electron chi connectivity index (χ3n) is 5.62. The summed E-state index contributed by atoms with van der Waals surface area (Å²) in [7, 11) is 2.14. The summed E-state index contributed by atoms with van der Waals surface area (Å²) in [6.07, 6.45) is 3.75. The molecule has 0 saturated carbocycles. The fraction of sp³-hybridized carbons (Fsp3) is 0.417. The van der Waals surface area contributed by atoms with Crippen molar-refractivity contribution in [3.05, 3.63) is 58.8 Å². The van der Waals surface area contributed by atoms with E-state index in [0.29, 0.717) is 35.7 Å². The number of amides is 1. The van der Waals surface area contributed by atoms with Crippen LogP contribution in [-0.4, -0.2) is 55.2 Å². The number of carbonyl (C=O) groups excluding carboxylic acids is 1. The third kappa shape index (κ3) is 5.76. The summed E-state index contributed by atoms with van der Waals surface area (Å²) in [5.74, 6) is 1.28. The smallest absolute Gasteiger partial charge is 0.271 e. The molecule has 1 amide bonds. The Morgan fingerprint density at radius 3 is 2.91 bits per heavy atom. The number of thiazole rings is 1. The van der Waals surface area contributed by atoms with Gasteiger partial charge in [-0.25, -0.2) is 4.98 Å². The van der Waals surface area contributed by atoms with E-state index in [0.717, 1.165) is 48.8 Å². The zero-order valence-corrected chi connectivity index (χ0v) is 19.3. The number of nitrogens with one attached hydrogen (secondary N) is 1. The monoisotopic (exact) mass is 455 g/mol. The lowest BCUT2D eigenvalue weighted by Gasteiger charge is -2.31. The average Bonchev–Trinajstić information content (AvgIpc) is 3.48. The highest BCUT2D eigenvalue weighted by molar-refractivity contribution is 7.15. The second-order valence-corrected chi connectivity index (χ2v) is 9.11. The summed E-state index contributed by atoms with van der Waals surface area (Å²) in [6.45, 7) is 5.47. The van der Waals surface area contributed by atoms with E-state index in [9.17, 15) is 4.79 Å². The first-order chi connectivity index (χ1) is 15.6. The number of rotatable bonds is 9. The van der Waals surface area contributed by atoms with Gasteiger partial charge in [0, 0.05) is 37.2 Å². The molecular formula is C24H29N3O4S. The van der Waals surface area contributed by atoms with Crippen LogP contribution < -0.4 is 10.1 Å². The first kappa shape index (κ1) is 22.5. The van der Waals surface area contributed by atoms with Gasteiger partial charge in [0.2, 0.25) is 0 Å². The fourth-order valence-electron chi connectivity index (χ4n) is 3.74. The molecule has 1 saturated heterocycles. The van der Waals surface area contributed by atoms with Crippen molar-refractivity contribution in [1.29, 1.82) is 0 Å². The number of likely N-dealkylation sites (N-methyl/N-ethyl adjacent to an activating group) is 1. The van der Waals surface area contributed by atoms with Gasteiger partial charge >= 0.3 is 0 Å². The lowest BCUT2D eigenvalue weighted by Crippen LogP contribution is -2.38. The van der Waals surface area contributed by atoms with Gasteiger partial charge in [0.1, 0.15) is 18.1 Å². The van der Waals surface area contributed by atoms with Gasteiger partial charge in [-0.05, 0) is 56.6 Å². The Hall–Kier alpha value is -2.68. The standard InChI is InChI=1S/C24H29N3O4S/c1-17-22(26-24(32-17)21-7-4-11-31-21)23(28)25-16-18-5-3-6-20(15-18)30-14-10-27(2)19-8-12-29-13-9-19/h3-7,11,15,19H,8-10,12-14,16H2,1-2H3,(H,25,28). The predicted octanol–water partition coefficient (Wildman–Crippen LogP) is 4.13. The number of carbonyl (C=O) groups is 1. The molecule has 2 aromatic heterocycles. The Bertz CT molecular complexity index is 1010. The molecule has 1 N–H and O–H groups in total. The molecule has 3 heterocycles. The van der Waals surface area contributed by atoms with E-state index in [1.807, 2.05) is 43.3 Å². The molecule has 1 aliphatic rings. The molecule has 0 spiro atoms. The van der Waals surface area contributed by atoms with Gasteiger partial charge in [0.05, 0.1) is 6.26 Å². The summed E-state index contributed by atoms with van der Waals surface area (Å²) in [4.78, 5) is 20.3. The maximum atomic E-state index is 12.7. The molecule has 1 fully saturated rings. The van der Waals surface area contributed by atoms with Crippen LogP contribution in [0.2, 0.25) is 0 Å².